The van der Waals surface area contributed by atoms with Crippen molar-refractivity contribution in [1.82, 2.24) is 5.01 Å². The third-order valence-electron chi connectivity index (χ3n) is 4.40. The summed E-state index contributed by atoms with van der Waals surface area (Å²) in [7, 11) is 0. The van der Waals surface area contributed by atoms with Crippen LogP contribution in [0.25, 0.3) is 0 Å². The molecule has 0 unspecified atom stereocenters. The average molecular weight is 370 g/mol. The number of carbonyl (C=O) groups is 1. The summed E-state index contributed by atoms with van der Waals surface area (Å²) in [6.07, 6.45) is 1.05. The molecule has 0 aliphatic carbocycles. The second kappa shape index (κ2) is 10.2. The smallest absolute Gasteiger partial charge is 0.135 e. The lowest BCUT2D eigenvalue weighted by atomic mass is 10.1. The van der Waals surface area contributed by atoms with E-state index in [0.717, 1.165) is 5.71 Å². The summed E-state index contributed by atoms with van der Waals surface area (Å²) in [5.74, 6) is 0.133. The molecule has 3 aromatic carbocycles. The van der Waals surface area contributed by atoms with Gasteiger partial charge in [-0.25, -0.2) is 0 Å². The van der Waals surface area contributed by atoms with Crippen LogP contribution in [-0.4, -0.2) is 16.5 Å². The molecule has 3 rings (SSSR count). The molecule has 0 heterocycles. The van der Waals surface area contributed by atoms with E-state index in [1.165, 1.54) is 16.7 Å². The Hall–Kier alpha value is -3.20. The summed E-state index contributed by atoms with van der Waals surface area (Å²) in [6, 6.07) is 30.8. The molecule has 0 N–H and O–H groups in total. The first kappa shape index (κ1) is 19.6. The third kappa shape index (κ3) is 6.51. The van der Waals surface area contributed by atoms with E-state index in [2.05, 4.69) is 41.4 Å². The predicted octanol–water partition coefficient (Wildman–Crippen LogP) is 5.27. The fraction of sp³-hybridized carbons (Fsp3) is 0.200. The number of ketones is 1. The molecular formula is C25H26N2O. The summed E-state index contributed by atoms with van der Waals surface area (Å²) >= 11 is 0. The monoisotopic (exact) mass is 370 g/mol. The number of carbonyl (C=O) groups excluding carboxylic acids is 1. The van der Waals surface area contributed by atoms with Crippen LogP contribution in [0.2, 0.25) is 0 Å². The molecule has 142 valence electrons. The Morgan fingerprint density at radius 1 is 0.714 bits per heavy atom. The van der Waals surface area contributed by atoms with Crippen molar-refractivity contribution in [3.63, 3.8) is 0 Å². The summed E-state index contributed by atoms with van der Waals surface area (Å²) in [5, 5.41) is 6.99. The van der Waals surface area contributed by atoms with E-state index in [1.807, 2.05) is 54.6 Å². The molecule has 0 fully saturated rings. The van der Waals surface area contributed by atoms with Gasteiger partial charge in [-0.3, -0.25) is 9.80 Å². The van der Waals surface area contributed by atoms with Gasteiger partial charge in [0.05, 0.1) is 13.1 Å². The minimum absolute atomic E-state index is 0.133. The van der Waals surface area contributed by atoms with Crippen LogP contribution in [0.1, 0.15) is 30.0 Å². The van der Waals surface area contributed by atoms with Crippen molar-refractivity contribution in [3.05, 3.63) is 108 Å². The molecule has 0 spiro atoms. The van der Waals surface area contributed by atoms with Crippen LogP contribution in [0.15, 0.2) is 96.1 Å². The van der Waals surface area contributed by atoms with E-state index in [1.54, 1.807) is 6.92 Å². The van der Waals surface area contributed by atoms with Gasteiger partial charge in [0.1, 0.15) is 5.78 Å². The zero-order valence-corrected chi connectivity index (χ0v) is 16.3. The minimum atomic E-state index is 0.133. The van der Waals surface area contributed by atoms with Gasteiger partial charge < -0.3 is 0 Å². The van der Waals surface area contributed by atoms with Crippen molar-refractivity contribution in [2.24, 2.45) is 5.10 Å². The Balaban J connectivity index is 1.86. The number of benzene rings is 3. The first-order valence-corrected chi connectivity index (χ1v) is 9.61. The van der Waals surface area contributed by atoms with Crippen LogP contribution in [0.5, 0.6) is 0 Å². The molecule has 0 saturated heterocycles. The quantitative estimate of drug-likeness (QED) is 0.380. The number of hydrogen-bond donors (Lipinski definition) is 0. The molecule has 3 heteroatoms. The van der Waals surface area contributed by atoms with E-state index in [4.69, 9.17) is 5.10 Å². The highest BCUT2D eigenvalue weighted by molar-refractivity contribution is 6.01. The molecule has 0 amide bonds. The van der Waals surface area contributed by atoms with Gasteiger partial charge in [-0.2, -0.15) is 5.10 Å². The molecular weight excluding hydrogens is 344 g/mol. The van der Waals surface area contributed by atoms with Crippen molar-refractivity contribution in [3.8, 4) is 0 Å². The first-order valence-electron chi connectivity index (χ1n) is 9.61. The Kier molecular flexibility index (Phi) is 7.14. The van der Waals surface area contributed by atoms with E-state index in [-0.39, 0.29) is 5.78 Å². The van der Waals surface area contributed by atoms with Crippen LogP contribution >= 0.6 is 0 Å². The Bertz CT molecular complexity index is 848. The normalized spacial score (nSPS) is 11.2. The molecule has 0 aliphatic heterocycles. The summed E-state index contributed by atoms with van der Waals surface area (Å²) < 4.78 is 0. The maximum Gasteiger partial charge on any atom is 0.135 e. The van der Waals surface area contributed by atoms with Crippen molar-refractivity contribution in [2.75, 3.05) is 0 Å². The van der Waals surface area contributed by atoms with Crippen LogP contribution in [0.3, 0.4) is 0 Å². The Morgan fingerprint density at radius 2 is 1.14 bits per heavy atom. The van der Waals surface area contributed by atoms with Crippen LogP contribution in [0.4, 0.5) is 0 Å². The maximum absolute atomic E-state index is 11.8. The minimum Gasteiger partial charge on any atom is -0.300 e. The van der Waals surface area contributed by atoms with Crippen molar-refractivity contribution in [1.29, 1.82) is 0 Å². The highest BCUT2D eigenvalue weighted by Crippen LogP contribution is 2.13. The van der Waals surface area contributed by atoms with Gasteiger partial charge in [-0.05, 0) is 23.6 Å². The number of rotatable bonds is 9. The lowest BCUT2D eigenvalue weighted by Gasteiger charge is -2.21. The van der Waals surface area contributed by atoms with Gasteiger partial charge in [0.25, 0.3) is 0 Å². The van der Waals surface area contributed by atoms with Crippen LogP contribution in [0, 0.1) is 0 Å². The molecule has 0 saturated carbocycles. The Labute approximate surface area is 167 Å². The van der Waals surface area contributed by atoms with Gasteiger partial charge in [0.2, 0.25) is 0 Å². The van der Waals surface area contributed by atoms with E-state index < -0.39 is 0 Å². The topological polar surface area (TPSA) is 32.7 Å². The Morgan fingerprint density at radius 3 is 1.57 bits per heavy atom. The van der Waals surface area contributed by atoms with E-state index in [9.17, 15) is 4.79 Å². The zero-order chi connectivity index (χ0) is 19.6. The predicted molar refractivity (Wildman–Crippen MR) is 115 cm³/mol. The highest BCUT2D eigenvalue weighted by Gasteiger charge is 2.10. The summed E-state index contributed by atoms with van der Waals surface area (Å²) in [4.78, 5) is 11.8. The number of nitrogens with zero attached hydrogens (tertiary/aromatic N) is 2. The molecule has 28 heavy (non-hydrogen) atoms. The summed E-state index contributed by atoms with van der Waals surface area (Å²) in [5.41, 5.74) is 4.46. The largest absolute Gasteiger partial charge is 0.300 e. The van der Waals surface area contributed by atoms with Gasteiger partial charge in [0, 0.05) is 18.6 Å². The molecule has 0 aromatic heterocycles. The average Bonchev–Trinajstić information content (AvgIpc) is 2.70. The van der Waals surface area contributed by atoms with E-state index in [0.29, 0.717) is 25.9 Å². The van der Waals surface area contributed by atoms with Crippen LogP contribution < -0.4 is 0 Å². The standard InChI is InChI=1S/C25H26N2O/c1-21(28)17-25(18-22-11-5-2-6-12-22)26-27(19-23-13-7-3-8-14-23)20-24-15-9-4-10-16-24/h2-16H,17-20H2,1H3. The van der Waals surface area contributed by atoms with Gasteiger partial charge in [-0.15, -0.1) is 0 Å². The highest BCUT2D eigenvalue weighted by atomic mass is 16.1. The second-order valence-electron chi connectivity index (χ2n) is 7.00. The van der Waals surface area contributed by atoms with Crippen LogP contribution in [-0.2, 0) is 24.3 Å². The molecule has 3 nitrogen and oxygen atoms in total. The SMILES string of the molecule is CC(=O)CC(Cc1ccccc1)=NN(Cc1ccccc1)Cc1ccccc1. The number of hydrogen-bond acceptors (Lipinski definition) is 3. The fourth-order valence-corrected chi connectivity index (χ4v) is 3.17. The van der Waals surface area contributed by atoms with Gasteiger partial charge in [0.15, 0.2) is 0 Å². The summed E-state index contributed by atoms with van der Waals surface area (Å²) in [6.45, 7) is 3.02. The third-order valence-corrected chi connectivity index (χ3v) is 4.40. The second-order valence-corrected chi connectivity index (χ2v) is 7.00. The van der Waals surface area contributed by atoms with Crippen molar-refractivity contribution < 1.29 is 4.79 Å². The number of Topliss-reactive ketones (excluding diaryl/α,β-unsaturated/α-hetero) is 1. The lowest BCUT2D eigenvalue weighted by molar-refractivity contribution is -0.115. The fourth-order valence-electron chi connectivity index (χ4n) is 3.17. The number of hydrazone groups is 1. The van der Waals surface area contributed by atoms with Crippen molar-refractivity contribution in [2.45, 2.75) is 32.9 Å². The maximum atomic E-state index is 11.8. The molecule has 0 aliphatic rings. The van der Waals surface area contributed by atoms with Gasteiger partial charge >= 0.3 is 0 Å². The zero-order valence-electron chi connectivity index (χ0n) is 16.3. The van der Waals surface area contributed by atoms with Gasteiger partial charge in [-0.1, -0.05) is 91.0 Å². The molecule has 3 aromatic rings. The first-order chi connectivity index (χ1) is 13.7. The molecule has 0 radical (unpaired) electrons. The molecule has 0 atom stereocenters. The molecule has 0 bridgehead atoms. The van der Waals surface area contributed by atoms with Crippen molar-refractivity contribution >= 4 is 11.5 Å². The van der Waals surface area contributed by atoms with E-state index >= 15 is 0 Å². The lowest BCUT2D eigenvalue weighted by Crippen LogP contribution is -2.21.